The number of carboxylic acids is 1. The average molecular weight is 316 g/mol. The van der Waals surface area contributed by atoms with Gasteiger partial charge in [-0.05, 0) is 34.8 Å². The topological polar surface area (TPSA) is 105 Å². The third-order valence-electron chi connectivity index (χ3n) is 2.23. The summed E-state index contributed by atoms with van der Waals surface area (Å²) in [5.74, 6) is -1.05. The molecule has 1 heterocycles. The number of nitrogens with two attached hydrogens (primary N) is 1. The van der Waals surface area contributed by atoms with E-state index in [9.17, 15) is 9.59 Å². The SMILES string of the molecule is NC(=O)CCCCNc1ncc(Br)cc1C(=O)O. The molecule has 18 heavy (non-hydrogen) atoms. The Morgan fingerprint density at radius 3 is 2.78 bits per heavy atom. The lowest BCUT2D eigenvalue weighted by atomic mass is 10.2. The maximum atomic E-state index is 11.0. The second-order valence-electron chi connectivity index (χ2n) is 3.71. The van der Waals surface area contributed by atoms with E-state index in [4.69, 9.17) is 10.8 Å². The summed E-state index contributed by atoms with van der Waals surface area (Å²) in [4.78, 5) is 25.5. The van der Waals surface area contributed by atoms with Gasteiger partial charge >= 0.3 is 5.97 Å². The van der Waals surface area contributed by atoms with Crippen molar-refractivity contribution in [2.45, 2.75) is 19.3 Å². The molecule has 1 rings (SSSR count). The van der Waals surface area contributed by atoms with Crippen LogP contribution in [0.15, 0.2) is 16.7 Å². The minimum atomic E-state index is -1.04. The first kappa shape index (κ1) is 14.4. The lowest BCUT2D eigenvalue weighted by Gasteiger charge is -2.08. The van der Waals surface area contributed by atoms with E-state index < -0.39 is 5.97 Å². The quantitative estimate of drug-likeness (QED) is 0.663. The van der Waals surface area contributed by atoms with Gasteiger partial charge in [0.2, 0.25) is 5.91 Å². The van der Waals surface area contributed by atoms with Crippen LogP contribution >= 0.6 is 15.9 Å². The minimum absolute atomic E-state index is 0.110. The molecule has 0 unspecified atom stereocenters. The summed E-state index contributed by atoms with van der Waals surface area (Å²) in [6, 6.07) is 1.49. The highest BCUT2D eigenvalue weighted by Crippen LogP contribution is 2.18. The van der Waals surface area contributed by atoms with E-state index in [0.717, 1.165) is 6.42 Å². The fourth-order valence-electron chi connectivity index (χ4n) is 1.37. The number of nitrogens with zero attached hydrogens (tertiary/aromatic N) is 1. The second kappa shape index (κ2) is 6.95. The molecule has 0 fully saturated rings. The number of carboxylic acid groups (broad SMARTS) is 1. The zero-order valence-electron chi connectivity index (χ0n) is 9.65. The van der Waals surface area contributed by atoms with Crippen molar-refractivity contribution in [1.29, 1.82) is 0 Å². The highest BCUT2D eigenvalue weighted by Gasteiger charge is 2.11. The Morgan fingerprint density at radius 2 is 2.17 bits per heavy atom. The molecule has 98 valence electrons. The summed E-state index contributed by atoms with van der Waals surface area (Å²) in [5, 5.41) is 11.9. The highest BCUT2D eigenvalue weighted by atomic mass is 79.9. The van der Waals surface area contributed by atoms with Crippen LogP contribution in [0.5, 0.6) is 0 Å². The first-order chi connectivity index (χ1) is 8.50. The van der Waals surface area contributed by atoms with E-state index in [-0.39, 0.29) is 11.5 Å². The van der Waals surface area contributed by atoms with Crippen LogP contribution in [0.1, 0.15) is 29.6 Å². The van der Waals surface area contributed by atoms with Gasteiger partial charge in [-0.25, -0.2) is 9.78 Å². The Balaban J connectivity index is 2.51. The highest BCUT2D eigenvalue weighted by molar-refractivity contribution is 9.10. The van der Waals surface area contributed by atoms with Crippen LogP contribution in [0.25, 0.3) is 0 Å². The number of halogens is 1. The van der Waals surface area contributed by atoms with Crippen LogP contribution in [0.3, 0.4) is 0 Å². The molecule has 6 nitrogen and oxygen atoms in total. The summed E-state index contributed by atoms with van der Waals surface area (Å²) in [7, 11) is 0. The van der Waals surface area contributed by atoms with Crippen molar-refractivity contribution in [3.05, 3.63) is 22.3 Å². The van der Waals surface area contributed by atoms with Crippen molar-refractivity contribution in [3.63, 3.8) is 0 Å². The van der Waals surface area contributed by atoms with Gasteiger partial charge < -0.3 is 16.2 Å². The van der Waals surface area contributed by atoms with Crippen LogP contribution in [0, 0.1) is 0 Å². The van der Waals surface area contributed by atoms with Gasteiger partial charge in [-0.15, -0.1) is 0 Å². The Hall–Kier alpha value is -1.63. The Labute approximate surface area is 113 Å². The number of hydrogen-bond donors (Lipinski definition) is 3. The number of carbonyl (C=O) groups excluding carboxylic acids is 1. The third-order valence-corrected chi connectivity index (χ3v) is 2.66. The molecule has 0 bridgehead atoms. The van der Waals surface area contributed by atoms with Crippen LogP contribution in [0.4, 0.5) is 5.82 Å². The number of carbonyl (C=O) groups is 2. The number of amides is 1. The van der Waals surface area contributed by atoms with E-state index in [1.165, 1.54) is 12.3 Å². The smallest absolute Gasteiger partial charge is 0.339 e. The summed E-state index contributed by atoms with van der Waals surface area (Å²) in [5.41, 5.74) is 5.12. The monoisotopic (exact) mass is 315 g/mol. The molecule has 1 aromatic rings. The largest absolute Gasteiger partial charge is 0.478 e. The summed E-state index contributed by atoms with van der Waals surface area (Å²) < 4.78 is 0.610. The van der Waals surface area contributed by atoms with Crippen LogP contribution < -0.4 is 11.1 Å². The number of hydrogen-bond acceptors (Lipinski definition) is 4. The number of anilines is 1. The Kier molecular flexibility index (Phi) is 5.57. The molecule has 0 aliphatic carbocycles. The van der Waals surface area contributed by atoms with Crippen molar-refractivity contribution < 1.29 is 14.7 Å². The van der Waals surface area contributed by atoms with Gasteiger partial charge in [0.05, 0.1) is 0 Å². The number of unbranched alkanes of at least 4 members (excludes halogenated alkanes) is 1. The lowest BCUT2D eigenvalue weighted by molar-refractivity contribution is -0.118. The molecule has 0 saturated heterocycles. The first-order valence-electron chi connectivity index (χ1n) is 5.41. The van der Waals surface area contributed by atoms with Gasteiger partial charge in [0.1, 0.15) is 11.4 Å². The molecule has 0 radical (unpaired) electrons. The second-order valence-corrected chi connectivity index (χ2v) is 4.62. The molecule has 0 spiro atoms. The fraction of sp³-hybridized carbons (Fsp3) is 0.364. The molecular formula is C11H14BrN3O3. The number of aromatic nitrogens is 1. The molecule has 1 aromatic heterocycles. The molecule has 0 aliphatic heterocycles. The molecule has 0 aromatic carbocycles. The normalized spacial score (nSPS) is 10.1. The summed E-state index contributed by atoms with van der Waals surface area (Å²) in [6.45, 7) is 0.544. The van der Waals surface area contributed by atoms with Gasteiger partial charge in [0.15, 0.2) is 0 Å². The summed E-state index contributed by atoms with van der Waals surface area (Å²) in [6.07, 6.45) is 3.25. The lowest BCUT2D eigenvalue weighted by Crippen LogP contribution is -2.12. The van der Waals surface area contributed by atoms with Gasteiger partial charge in [0, 0.05) is 23.6 Å². The number of pyridine rings is 1. The van der Waals surface area contributed by atoms with Crippen LogP contribution in [-0.2, 0) is 4.79 Å². The molecule has 0 atom stereocenters. The molecule has 1 amide bonds. The molecule has 4 N–H and O–H groups in total. The predicted octanol–water partition coefficient (Wildman–Crippen LogP) is 1.61. The minimum Gasteiger partial charge on any atom is -0.478 e. The predicted molar refractivity (Wildman–Crippen MR) is 70.4 cm³/mol. The Bertz CT molecular complexity index is 451. The molecule has 0 saturated carbocycles. The zero-order valence-corrected chi connectivity index (χ0v) is 11.2. The fourth-order valence-corrected chi connectivity index (χ4v) is 1.71. The van der Waals surface area contributed by atoms with E-state index in [2.05, 4.69) is 26.2 Å². The summed E-state index contributed by atoms with van der Waals surface area (Å²) >= 11 is 3.17. The zero-order chi connectivity index (χ0) is 13.5. The van der Waals surface area contributed by atoms with E-state index in [1.54, 1.807) is 0 Å². The number of primary amides is 1. The molecule has 0 aliphatic rings. The number of rotatable bonds is 7. The van der Waals surface area contributed by atoms with Gasteiger partial charge in [0.25, 0.3) is 0 Å². The van der Waals surface area contributed by atoms with Crippen molar-refractivity contribution in [3.8, 4) is 0 Å². The number of nitrogens with one attached hydrogen (secondary N) is 1. The first-order valence-corrected chi connectivity index (χ1v) is 6.21. The van der Waals surface area contributed by atoms with E-state index in [1.807, 2.05) is 0 Å². The van der Waals surface area contributed by atoms with Crippen LogP contribution in [-0.4, -0.2) is 28.5 Å². The van der Waals surface area contributed by atoms with Crippen molar-refractivity contribution in [1.82, 2.24) is 4.98 Å². The maximum Gasteiger partial charge on any atom is 0.339 e. The molecule has 7 heteroatoms. The van der Waals surface area contributed by atoms with E-state index >= 15 is 0 Å². The van der Waals surface area contributed by atoms with Gasteiger partial charge in [-0.1, -0.05) is 0 Å². The Morgan fingerprint density at radius 1 is 1.44 bits per heavy atom. The number of aromatic carboxylic acids is 1. The van der Waals surface area contributed by atoms with Crippen molar-refractivity contribution >= 4 is 33.6 Å². The molecular weight excluding hydrogens is 302 g/mol. The van der Waals surface area contributed by atoms with Crippen LogP contribution in [0.2, 0.25) is 0 Å². The third kappa shape index (κ3) is 4.70. The standard InChI is InChI=1S/C11H14BrN3O3/c12-7-5-8(11(17)18)10(15-6-7)14-4-2-1-3-9(13)16/h5-6H,1-4H2,(H2,13,16)(H,14,15)(H,17,18). The average Bonchev–Trinajstić information content (AvgIpc) is 2.29. The van der Waals surface area contributed by atoms with Crippen molar-refractivity contribution in [2.75, 3.05) is 11.9 Å². The van der Waals surface area contributed by atoms with Crippen molar-refractivity contribution in [2.24, 2.45) is 5.73 Å². The van der Waals surface area contributed by atoms with E-state index in [0.29, 0.717) is 29.7 Å². The maximum absolute atomic E-state index is 11.0. The van der Waals surface area contributed by atoms with Gasteiger partial charge in [-0.2, -0.15) is 0 Å². The van der Waals surface area contributed by atoms with Gasteiger partial charge in [-0.3, -0.25) is 4.79 Å².